The molecular formula is C17H20N2O2. The summed E-state index contributed by atoms with van der Waals surface area (Å²) < 4.78 is 5.32. The van der Waals surface area contributed by atoms with Crippen LogP contribution < -0.4 is 10.1 Å². The average molecular weight is 284 g/mol. The van der Waals surface area contributed by atoms with Gasteiger partial charge in [-0.3, -0.25) is 0 Å². The van der Waals surface area contributed by atoms with Crippen LogP contribution in [-0.4, -0.2) is 17.2 Å². The van der Waals surface area contributed by atoms with E-state index in [2.05, 4.69) is 22.4 Å². The van der Waals surface area contributed by atoms with Gasteiger partial charge < -0.3 is 15.2 Å². The summed E-state index contributed by atoms with van der Waals surface area (Å²) in [5.41, 5.74) is 3.52. The van der Waals surface area contributed by atoms with Gasteiger partial charge in [0.25, 0.3) is 0 Å². The molecule has 21 heavy (non-hydrogen) atoms. The number of nitrogens with one attached hydrogen (secondary N) is 1. The largest absolute Gasteiger partial charge is 0.497 e. The minimum absolute atomic E-state index is 0.0314. The van der Waals surface area contributed by atoms with E-state index < -0.39 is 0 Å². The standard InChI is InChI=1S/C17H20N2O2/c1-21-15-4-5-16(13-2-3-13)14(9-15)10-19-17-8-12(11-20)6-7-18-17/h4-9,13,20H,2-3,10-11H2,1H3,(H,18,19). The lowest BCUT2D eigenvalue weighted by molar-refractivity contribution is 0.282. The van der Waals surface area contributed by atoms with E-state index in [4.69, 9.17) is 9.84 Å². The SMILES string of the molecule is COc1ccc(C2CC2)c(CNc2cc(CO)ccn2)c1. The van der Waals surface area contributed by atoms with Crippen molar-refractivity contribution in [2.24, 2.45) is 0 Å². The summed E-state index contributed by atoms with van der Waals surface area (Å²) in [7, 11) is 1.69. The summed E-state index contributed by atoms with van der Waals surface area (Å²) in [5.74, 6) is 2.36. The van der Waals surface area contributed by atoms with E-state index in [0.29, 0.717) is 12.5 Å². The van der Waals surface area contributed by atoms with Crippen LogP contribution >= 0.6 is 0 Å². The fourth-order valence-corrected chi connectivity index (χ4v) is 2.51. The molecular weight excluding hydrogens is 264 g/mol. The Balaban J connectivity index is 1.76. The van der Waals surface area contributed by atoms with Crippen molar-refractivity contribution in [2.75, 3.05) is 12.4 Å². The van der Waals surface area contributed by atoms with Crippen LogP contribution in [0, 0.1) is 0 Å². The summed E-state index contributed by atoms with van der Waals surface area (Å²) in [5, 5.41) is 12.5. The van der Waals surface area contributed by atoms with Crippen LogP contribution in [0.25, 0.3) is 0 Å². The number of anilines is 1. The normalized spacial score (nSPS) is 14.0. The van der Waals surface area contributed by atoms with Crippen LogP contribution in [0.5, 0.6) is 5.75 Å². The summed E-state index contributed by atoms with van der Waals surface area (Å²) in [6.45, 7) is 0.745. The Morgan fingerprint density at radius 3 is 2.86 bits per heavy atom. The second kappa shape index (κ2) is 6.14. The number of ether oxygens (including phenoxy) is 1. The summed E-state index contributed by atoms with van der Waals surface area (Å²) in [6, 6.07) is 9.98. The van der Waals surface area contributed by atoms with Crippen LogP contribution in [-0.2, 0) is 13.2 Å². The number of nitrogens with zero attached hydrogens (tertiary/aromatic N) is 1. The number of benzene rings is 1. The number of hydrogen-bond acceptors (Lipinski definition) is 4. The van der Waals surface area contributed by atoms with Crippen molar-refractivity contribution < 1.29 is 9.84 Å². The highest BCUT2D eigenvalue weighted by Crippen LogP contribution is 2.42. The first-order valence-electron chi connectivity index (χ1n) is 7.26. The highest BCUT2D eigenvalue weighted by molar-refractivity contribution is 5.43. The first-order valence-corrected chi connectivity index (χ1v) is 7.26. The van der Waals surface area contributed by atoms with Crippen LogP contribution in [0.4, 0.5) is 5.82 Å². The van der Waals surface area contributed by atoms with Gasteiger partial charge in [0.2, 0.25) is 0 Å². The Morgan fingerprint density at radius 2 is 2.14 bits per heavy atom. The third-order valence-electron chi connectivity index (χ3n) is 3.83. The molecule has 0 unspecified atom stereocenters. The monoisotopic (exact) mass is 284 g/mol. The molecule has 2 aromatic rings. The van der Waals surface area contributed by atoms with Crippen molar-refractivity contribution >= 4 is 5.82 Å². The molecule has 1 aromatic heterocycles. The molecule has 0 bridgehead atoms. The predicted molar refractivity (Wildman–Crippen MR) is 82.5 cm³/mol. The van der Waals surface area contributed by atoms with Gasteiger partial charge in [-0.2, -0.15) is 0 Å². The van der Waals surface area contributed by atoms with Gasteiger partial charge in [-0.05, 0) is 59.7 Å². The van der Waals surface area contributed by atoms with E-state index in [-0.39, 0.29) is 6.61 Å². The van der Waals surface area contributed by atoms with Gasteiger partial charge in [-0.25, -0.2) is 4.98 Å². The zero-order chi connectivity index (χ0) is 14.7. The highest BCUT2D eigenvalue weighted by Gasteiger charge is 2.26. The minimum Gasteiger partial charge on any atom is -0.497 e. The Labute approximate surface area is 124 Å². The fraction of sp³-hybridized carbons (Fsp3) is 0.353. The van der Waals surface area contributed by atoms with Gasteiger partial charge in [-0.15, -0.1) is 0 Å². The van der Waals surface area contributed by atoms with Crippen molar-refractivity contribution in [3.63, 3.8) is 0 Å². The van der Waals surface area contributed by atoms with E-state index in [9.17, 15) is 0 Å². The molecule has 0 aliphatic heterocycles. The van der Waals surface area contributed by atoms with E-state index in [1.165, 1.54) is 24.0 Å². The minimum atomic E-state index is 0.0314. The number of aliphatic hydroxyl groups excluding tert-OH is 1. The zero-order valence-corrected chi connectivity index (χ0v) is 12.2. The maximum absolute atomic E-state index is 9.17. The Bertz CT molecular complexity index is 624. The molecule has 1 aliphatic carbocycles. The van der Waals surface area contributed by atoms with Crippen LogP contribution in [0.2, 0.25) is 0 Å². The van der Waals surface area contributed by atoms with E-state index >= 15 is 0 Å². The molecule has 3 rings (SSSR count). The van der Waals surface area contributed by atoms with Crippen LogP contribution in [0.15, 0.2) is 36.5 Å². The highest BCUT2D eigenvalue weighted by atomic mass is 16.5. The molecule has 0 atom stereocenters. The Morgan fingerprint density at radius 1 is 1.29 bits per heavy atom. The average Bonchev–Trinajstić information content (AvgIpc) is 3.37. The molecule has 1 heterocycles. The van der Waals surface area contributed by atoms with Crippen LogP contribution in [0.1, 0.15) is 35.4 Å². The summed E-state index contributed by atoms with van der Waals surface area (Å²) in [4.78, 5) is 4.28. The van der Waals surface area contributed by atoms with Crippen molar-refractivity contribution in [1.29, 1.82) is 0 Å². The van der Waals surface area contributed by atoms with Gasteiger partial charge in [0.05, 0.1) is 13.7 Å². The maximum Gasteiger partial charge on any atom is 0.126 e. The molecule has 1 fully saturated rings. The van der Waals surface area contributed by atoms with Crippen molar-refractivity contribution in [3.05, 3.63) is 53.2 Å². The Kier molecular flexibility index (Phi) is 4.06. The number of aromatic nitrogens is 1. The number of methoxy groups -OCH3 is 1. The lowest BCUT2D eigenvalue weighted by Gasteiger charge is -2.12. The zero-order valence-electron chi connectivity index (χ0n) is 12.2. The number of rotatable bonds is 6. The smallest absolute Gasteiger partial charge is 0.126 e. The maximum atomic E-state index is 9.17. The molecule has 2 N–H and O–H groups in total. The first kappa shape index (κ1) is 13.9. The van der Waals surface area contributed by atoms with Gasteiger partial charge in [0.1, 0.15) is 11.6 Å². The summed E-state index contributed by atoms with van der Waals surface area (Å²) in [6.07, 6.45) is 4.26. The third kappa shape index (κ3) is 3.34. The molecule has 4 nitrogen and oxygen atoms in total. The molecule has 0 amide bonds. The van der Waals surface area contributed by atoms with Crippen molar-refractivity contribution in [3.8, 4) is 5.75 Å². The Hall–Kier alpha value is -2.07. The second-order valence-electron chi connectivity index (χ2n) is 5.40. The fourth-order valence-electron chi connectivity index (χ4n) is 2.51. The lowest BCUT2D eigenvalue weighted by atomic mass is 10.0. The molecule has 0 radical (unpaired) electrons. The van der Waals surface area contributed by atoms with E-state index in [1.54, 1.807) is 13.3 Å². The molecule has 0 spiro atoms. The second-order valence-corrected chi connectivity index (χ2v) is 5.40. The van der Waals surface area contributed by atoms with Crippen LogP contribution in [0.3, 0.4) is 0 Å². The first-order chi connectivity index (χ1) is 10.3. The predicted octanol–water partition coefficient (Wildman–Crippen LogP) is 3.07. The van der Waals surface area contributed by atoms with Gasteiger partial charge in [-0.1, -0.05) is 6.07 Å². The third-order valence-corrected chi connectivity index (χ3v) is 3.83. The summed E-state index contributed by atoms with van der Waals surface area (Å²) >= 11 is 0. The molecule has 0 saturated heterocycles. The number of aliphatic hydroxyl groups is 1. The quantitative estimate of drug-likeness (QED) is 0.856. The van der Waals surface area contributed by atoms with E-state index in [0.717, 1.165) is 17.1 Å². The number of hydrogen-bond donors (Lipinski definition) is 2. The van der Waals surface area contributed by atoms with Crippen molar-refractivity contribution in [1.82, 2.24) is 4.98 Å². The van der Waals surface area contributed by atoms with Crippen molar-refractivity contribution in [2.45, 2.75) is 31.9 Å². The molecule has 1 saturated carbocycles. The molecule has 110 valence electrons. The lowest BCUT2D eigenvalue weighted by Crippen LogP contribution is -2.05. The molecule has 1 aliphatic rings. The topological polar surface area (TPSA) is 54.4 Å². The number of pyridine rings is 1. The molecule has 1 aromatic carbocycles. The van der Waals surface area contributed by atoms with Gasteiger partial charge in [0.15, 0.2) is 0 Å². The van der Waals surface area contributed by atoms with E-state index in [1.807, 2.05) is 18.2 Å². The molecule has 4 heteroatoms. The van der Waals surface area contributed by atoms with Gasteiger partial charge >= 0.3 is 0 Å². The van der Waals surface area contributed by atoms with Gasteiger partial charge in [0, 0.05) is 12.7 Å².